The highest BCUT2D eigenvalue weighted by atomic mass is 19.1. The van der Waals surface area contributed by atoms with Crippen LogP contribution < -0.4 is 5.32 Å². The lowest BCUT2D eigenvalue weighted by molar-refractivity contribution is -0.0230. The molecule has 1 fully saturated rings. The van der Waals surface area contributed by atoms with E-state index in [4.69, 9.17) is 9.47 Å². The Bertz CT molecular complexity index is 686. The number of nitrogens with zero attached hydrogens (tertiary/aromatic N) is 1. The van der Waals surface area contributed by atoms with Crippen LogP contribution in [-0.4, -0.2) is 41.4 Å². The third-order valence-electron chi connectivity index (χ3n) is 3.69. The molecule has 1 saturated heterocycles. The lowest BCUT2D eigenvalue weighted by atomic mass is 9.82. The van der Waals surface area contributed by atoms with E-state index in [1.807, 2.05) is 0 Å². The van der Waals surface area contributed by atoms with E-state index in [0.29, 0.717) is 5.56 Å². The Morgan fingerprint density at radius 2 is 1.65 bits per heavy atom. The molecule has 0 aromatic heterocycles. The number of rotatable bonds is 2. The molecule has 0 atom stereocenters. The lowest BCUT2D eigenvalue weighted by Gasteiger charge is -2.50. The fraction of sp³-hybridized carbons (Fsp3) is 0.579. The summed E-state index contributed by atoms with van der Waals surface area (Å²) in [6.45, 7) is 11.0. The minimum absolute atomic E-state index is 0.171. The predicted octanol–water partition coefficient (Wildman–Crippen LogP) is 3.80. The molecule has 0 unspecified atom stereocenters. The molecule has 26 heavy (non-hydrogen) atoms. The second-order valence-corrected chi connectivity index (χ2v) is 8.56. The molecule has 7 heteroatoms. The smallest absolute Gasteiger partial charge is 0.410 e. The molecule has 144 valence electrons. The molecule has 0 saturated carbocycles. The van der Waals surface area contributed by atoms with E-state index < -0.39 is 34.7 Å². The van der Waals surface area contributed by atoms with Crippen molar-refractivity contribution in [2.45, 2.75) is 58.3 Å². The molecule has 0 radical (unpaired) electrons. The predicted molar refractivity (Wildman–Crippen MR) is 95.3 cm³/mol. The monoisotopic (exact) mass is 366 g/mol. The molecule has 0 spiro atoms. The highest BCUT2D eigenvalue weighted by molar-refractivity contribution is 5.73. The molecule has 1 aromatic carbocycles. The van der Waals surface area contributed by atoms with Gasteiger partial charge in [0.05, 0.1) is 13.1 Å². The summed E-state index contributed by atoms with van der Waals surface area (Å²) < 4.78 is 24.4. The van der Waals surface area contributed by atoms with Crippen molar-refractivity contribution >= 4 is 12.2 Å². The number of amides is 2. The van der Waals surface area contributed by atoms with Gasteiger partial charge in [0.15, 0.2) is 0 Å². The topological polar surface area (TPSA) is 67.9 Å². The first-order valence-electron chi connectivity index (χ1n) is 8.55. The summed E-state index contributed by atoms with van der Waals surface area (Å²) in [5, 5.41) is 2.80. The van der Waals surface area contributed by atoms with Crippen molar-refractivity contribution < 1.29 is 23.5 Å². The summed E-state index contributed by atoms with van der Waals surface area (Å²) >= 11 is 0. The van der Waals surface area contributed by atoms with E-state index in [1.165, 1.54) is 17.0 Å². The van der Waals surface area contributed by atoms with Gasteiger partial charge in [-0.25, -0.2) is 14.0 Å². The second kappa shape index (κ2) is 6.78. The third-order valence-corrected chi connectivity index (χ3v) is 3.69. The molecule has 2 rings (SSSR count). The molecule has 1 aliphatic heterocycles. The summed E-state index contributed by atoms with van der Waals surface area (Å²) in [5.74, 6) is -0.413. The van der Waals surface area contributed by atoms with Crippen LogP contribution in [0, 0.1) is 5.82 Å². The fourth-order valence-corrected chi connectivity index (χ4v) is 2.68. The summed E-state index contributed by atoms with van der Waals surface area (Å²) in [7, 11) is 0. The van der Waals surface area contributed by atoms with Crippen molar-refractivity contribution in [1.82, 2.24) is 10.2 Å². The Labute approximate surface area is 153 Å². The Hall–Kier alpha value is -2.31. The van der Waals surface area contributed by atoms with Crippen LogP contribution in [0.2, 0.25) is 0 Å². The van der Waals surface area contributed by atoms with Crippen LogP contribution in [0.4, 0.5) is 14.0 Å². The van der Waals surface area contributed by atoms with Gasteiger partial charge in [0.2, 0.25) is 0 Å². The molecule has 2 amide bonds. The summed E-state index contributed by atoms with van der Waals surface area (Å²) in [6, 6.07) is 5.96. The van der Waals surface area contributed by atoms with E-state index >= 15 is 0 Å². The third kappa shape index (κ3) is 5.09. The van der Waals surface area contributed by atoms with Crippen LogP contribution >= 0.6 is 0 Å². The maximum Gasteiger partial charge on any atom is 0.410 e. The van der Waals surface area contributed by atoms with Crippen molar-refractivity contribution in [3.05, 3.63) is 35.6 Å². The zero-order chi connectivity index (χ0) is 19.8. The van der Waals surface area contributed by atoms with E-state index in [-0.39, 0.29) is 13.1 Å². The van der Waals surface area contributed by atoms with Crippen LogP contribution in [0.15, 0.2) is 24.3 Å². The van der Waals surface area contributed by atoms with Gasteiger partial charge < -0.3 is 19.7 Å². The van der Waals surface area contributed by atoms with Crippen molar-refractivity contribution in [3.8, 4) is 0 Å². The zero-order valence-corrected chi connectivity index (χ0v) is 16.2. The van der Waals surface area contributed by atoms with Gasteiger partial charge in [-0.2, -0.15) is 0 Å². The molecule has 1 N–H and O–H groups in total. The normalized spacial score (nSPS) is 16.5. The van der Waals surface area contributed by atoms with Gasteiger partial charge in [-0.3, -0.25) is 0 Å². The largest absolute Gasteiger partial charge is 0.444 e. The van der Waals surface area contributed by atoms with Gasteiger partial charge in [0.1, 0.15) is 22.6 Å². The maximum absolute atomic E-state index is 13.7. The van der Waals surface area contributed by atoms with E-state index in [9.17, 15) is 14.0 Å². The molecule has 1 aromatic rings. The summed E-state index contributed by atoms with van der Waals surface area (Å²) in [4.78, 5) is 26.0. The van der Waals surface area contributed by atoms with Crippen molar-refractivity contribution in [2.75, 3.05) is 13.1 Å². The number of alkyl carbamates (subject to hydrolysis) is 1. The Morgan fingerprint density at radius 1 is 1.08 bits per heavy atom. The van der Waals surface area contributed by atoms with Gasteiger partial charge in [0, 0.05) is 0 Å². The van der Waals surface area contributed by atoms with Gasteiger partial charge in [-0.1, -0.05) is 12.1 Å². The van der Waals surface area contributed by atoms with Gasteiger partial charge >= 0.3 is 12.2 Å². The van der Waals surface area contributed by atoms with Gasteiger partial charge in [-0.05, 0) is 59.2 Å². The van der Waals surface area contributed by atoms with E-state index in [2.05, 4.69) is 5.32 Å². The average Bonchev–Trinajstić information content (AvgIpc) is 2.38. The van der Waals surface area contributed by atoms with E-state index in [0.717, 1.165) is 0 Å². The minimum Gasteiger partial charge on any atom is -0.444 e. The number of ether oxygens (including phenoxy) is 2. The number of halogens is 1. The number of benzene rings is 1. The Balaban J connectivity index is 2.18. The van der Waals surface area contributed by atoms with Crippen LogP contribution in [0.1, 0.15) is 47.1 Å². The number of hydrogen-bond donors (Lipinski definition) is 1. The number of likely N-dealkylation sites (tertiary alicyclic amines) is 1. The first-order valence-corrected chi connectivity index (χ1v) is 8.55. The van der Waals surface area contributed by atoms with Crippen molar-refractivity contribution in [3.63, 3.8) is 0 Å². The molecular formula is C19H27FN2O4. The lowest BCUT2D eigenvalue weighted by Crippen LogP contribution is -2.69. The fourth-order valence-electron chi connectivity index (χ4n) is 2.68. The molecule has 0 aliphatic carbocycles. The van der Waals surface area contributed by atoms with Crippen molar-refractivity contribution in [2.24, 2.45) is 0 Å². The van der Waals surface area contributed by atoms with Crippen LogP contribution in [0.3, 0.4) is 0 Å². The summed E-state index contributed by atoms with van der Waals surface area (Å²) in [6.07, 6.45) is -1.10. The van der Waals surface area contributed by atoms with Gasteiger partial charge in [0.25, 0.3) is 0 Å². The standard InChI is InChI=1S/C19H27FN2O4/c1-17(2,3)25-15(23)21-19(13-8-7-9-14(20)10-13)11-22(12-19)16(24)26-18(4,5)6/h7-10H,11-12H2,1-6H3,(H,21,23). The molecule has 1 heterocycles. The number of carbonyl (C=O) groups excluding carboxylic acids is 2. The van der Waals surface area contributed by atoms with Crippen LogP contribution in [0.5, 0.6) is 0 Å². The number of nitrogens with one attached hydrogen (secondary N) is 1. The molecule has 6 nitrogen and oxygen atoms in total. The number of hydrogen-bond acceptors (Lipinski definition) is 4. The van der Waals surface area contributed by atoms with Crippen LogP contribution in [-0.2, 0) is 15.0 Å². The Kier molecular flexibility index (Phi) is 5.21. The van der Waals surface area contributed by atoms with Crippen molar-refractivity contribution in [1.29, 1.82) is 0 Å². The minimum atomic E-state index is -0.915. The quantitative estimate of drug-likeness (QED) is 0.865. The highest BCUT2D eigenvalue weighted by Crippen LogP contribution is 2.34. The molecular weight excluding hydrogens is 339 g/mol. The molecule has 1 aliphatic rings. The first-order chi connectivity index (χ1) is 11.8. The maximum atomic E-state index is 13.7. The second-order valence-electron chi connectivity index (χ2n) is 8.56. The summed E-state index contributed by atoms with van der Waals surface area (Å²) in [5.41, 5.74) is -1.63. The molecule has 0 bridgehead atoms. The number of carbonyl (C=O) groups is 2. The average molecular weight is 366 g/mol. The SMILES string of the molecule is CC(C)(C)OC(=O)NC1(c2cccc(F)c2)CN(C(=O)OC(C)(C)C)C1. The van der Waals surface area contributed by atoms with Crippen LogP contribution in [0.25, 0.3) is 0 Å². The first kappa shape index (κ1) is 20.0. The van der Waals surface area contributed by atoms with Gasteiger partial charge in [-0.15, -0.1) is 0 Å². The zero-order valence-electron chi connectivity index (χ0n) is 16.2. The van der Waals surface area contributed by atoms with E-state index in [1.54, 1.807) is 53.7 Å². The highest BCUT2D eigenvalue weighted by Gasteiger charge is 2.49. The Morgan fingerprint density at radius 3 is 2.15 bits per heavy atom.